The minimum absolute atomic E-state index is 0.197. The van der Waals surface area contributed by atoms with Crippen LogP contribution in [0, 0.1) is 0 Å². The molecule has 0 fully saturated rings. The number of carbonyl (C=O) groups is 1. The van der Waals surface area contributed by atoms with Crippen LogP contribution in [0.5, 0.6) is 0 Å². The molecule has 0 spiro atoms. The number of nitrogens with zero attached hydrogens (tertiary/aromatic N) is 2. The molecule has 5 rings (SSSR count). The molecule has 1 aromatic heterocycles. The van der Waals surface area contributed by atoms with Crippen LogP contribution in [0.4, 0.5) is 11.7 Å². The van der Waals surface area contributed by atoms with Crippen molar-refractivity contribution in [1.82, 2.24) is 10.3 Å². The number of halogens is 1. The Kier molecular flexibility index (Phi) is 6.22. The fourth-order valence-electron chi connectivity index (χ4n) is 3.95. The van der Waals surface area contributed by atoms with Crippen molar-refractivity contribution in [2.75, 3.05) is 10.6 Å². The molecule has 0 radical (unpaired) electrons. The molecule has 9 heteroatoms. The molecule has 2 heterocycles. The zero-order valence-corrected chi connectivity index (χ0v) is 19.5. The monoisotopic (exact) mass is 487 g/mol. The van der Waals surface area contributed by atoms with Gasteiger partial charge in [-0.15, -0.1) is 0 Å². The van der Waals surface area contributed by atoms with Crippen LogP contribution in [0.15, 0.2) is 93.5 Å². The predicted molar refractivity (Wildman–Crippen MR) is 136 cm³/mol. The van der Waals surface area contributed by atoms with Crippen molar-refractivity contribution in [2.45, 2.75) is 19.6 Å². The first-order valence-electron chi connectivity index (χ1n) is 11.0. The third-order valence-corrected chi connectivity index (χ3v) is 5.99. The first kappa shape index (κ1) is 22.6. The first-order chi connectivity index (χ1) is 17.0. The van der Waals surface area contributed by atoms with Crippen molar-refractivity contribution in [3.05, 3.63) is 100 Å². The highest BCUT2D eigenvalue weighted by Crippen LogP contribution is 2.35. The number of hydrogen-bond acceptors (Lipinski definition) is 7. The van der Waals surface area contributed by atoms with Gasteiger partial charge in [-0.05, 0) is 31.2 Å². The van der Waals surface area contributed by atoms with Crippen molar-refractivity contribution < 1.29 is 14.3 Å². The molecule has 1 atom stereocenters. The van der Waals surface area contributed by atoms with Gasteiger partial charge < -0.3 is 20.2 Å². The number of benzene rings is 3. The van der Waals surface area contributed by atoms with Crippen molar-refractivity contribution in [2.24, 2.45) is 4.99 Å². The normalized spacial score (nSPS) is 15.5. The van der Waals surface area contributed by atoms with E-state index in [-0.39, 0.29) is 18.5 Å². The van der Waals surface area contributed by atoms with Crippen molar-refractivity contribution in [1.29, 1.82) is 0 Å². The van der Waals surface area contributed by atoms with E-state index in [4.69, 9.17) is 21.0 Å². The highest BCUT2D eigenvalue weighted by atomic mass is 35.5. The molecule has 0 bridgehead atoms. The van der Waals surface area contributed by atoms with E-state index >= 15 is 0 Å². The number of carbonyl (C=O) groups excluding carboxylic acids is 1. The number of aliphatic imine (C=N–C) groups is 1. The molecular weight excluding hydrogens is 466 g/mol. The van der Waals surface area contributed by atoms with E-state index in [2.05, 4.69) is 20.9 Å². The lowest BCUT2D eigenvalue weighted by Gasteiger charge is -2.27. The second-order valence-corrected chi connectivity index (χ2v) is 8.35. The second kappa shape index (κ2) is 9.61. The van der Waals surface area contributed by atoms with Gasteiger partial charge in [-0.3, -0.25) is 10.1 Å². The molecule has 1 aliphatic rings. The third kappa shape index (κ3) is 4.62. The molecule has 0 aliphatic carbocycles. The summed E-state index contributed by atoms with van der Waals surface area (Å²) in [5.41, 5.74) is 4.15. The number of aliphatic hydroxyl groups excluding tert-OH is 1. The Balaban J connectivity index is 1.50. The van der Waals surface area contributed by atoms with Crippen LogP contribution in [0.2, 0.25) is 5.02 Å². The molecule has 4 aromatic rings. The maximum absolute atomic E-state index is 13.5. The zero-order chi connectivity index (χ0) is 24.4. The Morgan fingerprint density at radius 3 is 2.63 bits per heavy atom. The number of oxazole rings is 1. The Morgan fingerprint density at radius 1 is 1.09 bits per heavy atom. The van der Waals surface area contributed by atoms with E-state index in [0.717, 1.165) is 0 Å². The molecule has 176 valence electrons. The number of hydrogen-bond donors (Lipinski definition) is 4. The molecule has 1 unspecified atom stereocenters. The van der Waals surface area contributed by atoms with Gasteiger partial charge in [-0.2, -0.15) is 4.98 Å². The molecule has 3 aromatic carbocycles. The Morgan fingerprint density at radius 2 is 1.83 bits per heavy atom. The molecule has 1 amide bonds. The minimum atomic E-state index is -0.696. The number of para-hydroxylation sites is 3. The van der Waals surface area contributed by atoms with Crippen LogP contribution in [0.25, 0.3) is 11.1 Å². The fourth-order valence-corrected chi connectivity index (χ4v) is 4.19. The predicted octanol–water partition coefficient (Wildman–Crippen LogP) is 5.00. The minimum Gasteiger partial charge on any atom is -0.423 e. The van der Waals surface area contributed by atoms with E-state index in [1.54, 1.807) is 37.3 Å². The summed E-state index contributed by atoms with van der Waals surface area (Å²) in [6, 6.07) is 21.3. The zero-order valence-electron chi connectivity index (χ0n) is 18.7. The smallest absolute Gasteiger partial charge is 0.302 e. The lowest BCUT2D eigenvalue weighted by Crippen LogP contribution is -2.37. The number of aromatic nitrogens is 1. The molecule has 0 saturated carbocycles. The van der Waals surface area contributed by atoms with Gasteiger partial charge in [0.15, 0.2) is 5.58 Å². The largest absolute Gasteiger partial charge is 0.423 e. The van der Waals surface area contributed by atoms with E-state index < -0.39 is 6.04 Å². The quantitative estimate of drug-likeness (QED) is 0.315. The number of aliphatic hydroxyl groups is 1. The molecule has 8 nitrogen and oxygen atoms in total. The van der Waals surface area contributed by atoms with Crippen molar-refractivity contribution >= 4 is 46.3 Å². The van der Waals surface area contributed by atoms with E-state index in [0.29, 0.717) is 50.2 Å². The van der Waals surface area contributed by atoms with Crippen molar-refractivity contribution in [3.8, 4) is 0 Å². The van der Waals surface area contributed by atoms with Crippen LogP contribution in [0.3, 0.4) is 0 Å². The van der Waals surface area contributed by atoms with Crippen LogP contribution in [-0.2, 0) is 11.4 Å². The van der Waals surface area contributed by atoms with Gasteiger partial charge in [-0.25, -0.2) is 4.99 Å². The van der Waals surface area contributed by atoms with Gasteiger partial charge in [-0.1, -0.05) is 60.1 Å². The summed E-state index contributed by atoms with van der Waals surface area (Å²) in [5.74, 6) is 0.0109. The summed E-state index contributed by atoms with van der Waals surface area (Å²) in [7, 11) is 0. The Labute approximate surface area is 206 Å². The highest BCUT2D eigenvalue weighted by Gasteiger charge is 2.31. The standard InChI is InChI=1S/C26H22ClN5O3/c1-15-22(24(34)29-19-11-5-2-8-16(19)14-33)23(17-9-3-4-10-18(17)27)31-25(28-15)32-26-30-20-12-6-7-13-21(20)35-26/h2-13,23,33H,14H2,1H3,(H,29,34)(H2,28,30,31,32). The van der Waals surface area contributed by atoms with Gasteiger partial charge in [0.1, 0.15) is 11.6 Å². The Hall–Kier alpha value is -4.14. The lowest BCUT2D eigenvalue weighted by atomic mass is 9.95. The molecule has 35 heavy (non-hydrogen) atoms. The number of nitrogens with one attached hydrogen (secondary N) is 3. The number of allylic oxidation sites excluding steroid dienone is 1. The molecular formula is C26H22ClN5O3. The summed E-state index contributed by atoms with van der Waals surface area (Å²) in [5, 5.41) is 19.2. The maximum atomic E-state index is 13.5. The van der Waals surface area contributed by atoms with Crippen LogP contribution in [-0.4, -0.2) is 22.0 Å². The lowest BCUT2D eigenvalue weighted by molar-refractivity contribution is -0.113. The number of amides is 1. The van der Waals surface area contributed by atoms with Gasteiger partial charge >= 0.3 is 6.01 Å². The molecule has 1 aliphatic heterocycles. The fraction of sp³-hybridized carbons (Fsp3) is 0.115. The number of anilines is 2. The first-order valence-corrected chi connectivity index (χ1v) is 11.3. The average Bonchev–Trinajstić information content (AvgIpc) is 3.26. The van der Waals surface area contributed by atoms with E-state index in [1.165, 1.54) is 0 Å². The average molecular weight is 488 g/mol. The third-order valence-electron chi connectivity index (χ3n) is 5.64. The topological polar surface area (TPSA) is 112 Å². The van der Waals surface area contributed by atoms with Gasteiger partial charge in [0.05, 0.1) is 12.2 Å². The molecule has 4 N–H and O–H groups in total. The maximum Gasteiger partial charge on any atom is 0.302 e. The number of rotatable bonds is 5. The van der Waals surface area contributed by atoms with Crippen molar-refractivity contribution in [3.63, 3.8) is 0 Å². The summed E-state index contributed by atoms with van der Waals surface area (Å²) in [6.07, 6.45) is 0. The van der Waals surface area contributed by atoms with E-state index in [1.807, 2.05) is 42.5 Å². The molecule has 0 saturated heterocycles. The summed E-state index contributed by atoms with van der Waals surface area (Å²) < 4.78 is 5.76. The summed E-state index contributed by atoms with van der Waals surface area (Å²) in [4.78, 5) is 22.7. The van der Waals surface area contributed by atoms with Crippen LogP contribution < -0.4 is 16.0 Å². The van der Waals surface area contributed by atoms with Crippen LogP contribution in [0.1, 0.15) is 24.1 Å². The highest BCUT2D eigenvalue weighted by molar-refractivity contribution is 6.31. The van der Waals surface area contributed by atoms with Gasteiger partial charge in [0, 0.05) is 27.5 Å². The summed E-state index contributed by atoms with van der Waals surface area (Å²) >= 11 is 6.52. The van der Waals surface area contributed by atoms with Gasteiger partial charge in [0.25, 0.3) is 5.91 Å². The SMILES string of the molecule is CC1=C(C(=O)Nc2ccccc2CO)C(c2ccccc2Cl)N=C(Nc2nc3ccccc3o2)N1. The summed E-state index contributed by atoms with van der Waals surface area (Å²) in [6.45, 7) is 1.59. The van der Waals surface area contributed by atoms with Crippen LogP contribution >= 0.6 is 11.6 Å². The van der Waals surface area contributed by atoms with Gasteiger partial charge in [0.2, 0.25) is 5.96 Å². The number of guanidine groups is 1. The second-order valence-electron chi connectivity index (χ2n) is 7.95. The number of fused-ring (bicyclic) bond motifs is 1. The van der Waals surface area contributed by atoms with E-state index in [9.17, 15) is 9.90 Å². The Bertz CT molecular complexity index is 1440.